The molecule has 1 amide bonds. The predicted molar refractivity (Wildman–Crippen MR) is 72.5 cm³/mol. The van der Waals surface area contributed by atoms with E-state index in [0.29, 0.717) is 25.9 Å². The first-order valence-corrected chi connectivity index (χ1v) is 6.85. The topological polar surface area (TPSA) is 50.3 Å². The highest BCUT2D eigenvalue weighted by Crippen LogP contribution is 2.18. The van der Waals surface area contributed by atoms with E-state index in [1.54, 1.807) is 13.1 Å². The van der Waals surface area contributed by atoms with E-state index >= 15 is 0 Å². The fraction of sp³-hybridized carbons (Fsp3) is 0.533. The van der Waals surface area contributed by atoms with Gasteiger partial charge in [-0.1, -0.05) is 6.07 Å². The van der Waals surface area contributed by atoms with E-state index in [2.05, 4.69) is 4.98 Å². The van der Waals surface area contributed by atoms with Crippen LogP contribution >= 0.6 is 0 Å². The molecule has 1 fully saturated rings. The van der Waals surface area contributed by atoms with Crippen LogP contribution in [0.1, 0.15) is 31.9 Å². The number of ketones is 1. The normalized spacial score (nSPS) is 16.4. The average molecular weight is 260 g/mol. The number of piperidine rings is 1. The van der Waals surface area contributed by atoms with Gasteiger partial charge in [0.15, 0.2) is 0 Å². The molecule has 1 saturated heterocycles. The highest BCUT2D eigenvalue weighted by Gasteiger charge is 2.24. The molecule has 4 heteroatoms. The third kappa shape index (κ3) is 3.88. The number of hydrogen-bond donors (Lipinski definition) is 0. The van der Waals surface area contributed by atoms with Crippen LogP contribution in [0.3, 0.4) is 0 Å². The quantitative estimate of drug-likeness (QED) is 0.830. The van der Waals surface area contributed by atoms with Gasteiger partial charge in [-0.25, -0.2) is 0 Å². The molecule has 0 N–H and O–H groups in total. The molecule has 102 valence electrons. The molecule has 0 radical (unpaired) electrons. The predicted octanol–water partition coefficient (Wildman–Crippen LogP) is 1.84. The highest BCUT2D eigenvalue weighted by molar-refractivity contribution is 5.79. The lowest BCUT2D eigenvalue weighted by Gasteiger charge is -2.30. The summed E-state index contributed by atoms with van der Waals surface area (Å²) in [7, 11) is 0. The van der Waals surface area contributed by atoms with Gasteiger partial charge in [0.25, 0.3) is 0 Å². The summed E-state index contributed by atoms with van der Waals surface area (Å²) in [5.41, 5.74) is 0.953. The van der Waals surface area contributed by atoms with Gasteiger partial charge in [-0.3, -0.25) is 14.6 Å². The fourth-order valence-electron chi connectivity index (χ4n) is 2.47. The van der Waals surface area contributed by atoms with Crippen LogP contribution in [0.4, 0.5) is 0 Å². The zero-order valence-electron chi connectivity index (χ0n) is 11.3. The Balaban J connectivity index is 1.77. The van der Waals surface area contributed by atoms with Crippen LogP contribution in [0.25, 0.3) is 0 Å². The molecule has 0 unspecified atom stereocenters. The standard InChI is InChI=1S/C15H20N2O2/c1-12(18)13-7-10-17(11-8-13)15(19)6-5-14-4-2-3-9-16-14/h2-4,9,13H,5-8,10-11H2,1H3. The van der Waals surface area contributed by atoms with Gasteiger partial charge in [0.2, 0.25) is 5.91 Å². The largest absolute Gasteiger partial charge is 0.343 e. The molecule has 19 heavy (non-hydrogen) atoms. The summed E-state index contributed by atoms with van der Waals surface area (Å²) in [5, 5.41) is 0. The van der Waals surface area contributed by atoms with Crippen molar-refractivity contribution in [3.8, 4) is 0 Å². The van der Waals surface area contributed by atoms with Gasteiger partial charge in [-0.15, -0.1) is 0 Å². The number of carbonyl (C=O) groups excluding carboxylic acids is 2. The zero-order chi connectivity index (χ0) is 13.7. The molecule has 1 aromatic rings. The summed E-state index contributed by atoms with van der Waals surface area (Å²) in [6.45, 7) is 3.07. The molecular formula is C15H20N2O2. The van der Waals surface area contributed by atoms with E-state index in [1.165, 1.54) is 0 Å². The zero-order valence-corrected chi connectivity index (χ0v) is 11.3. The van der Waals surface area contributed by atoms with Crippen molar-refractivity contribution in [1.29, 1.82) is 0 Å². The first-order chi connectivity index (χ1) is 9.16. The van der Waals surface area contributed by atoms with Gasteiger partial charge in [0.05, 0.1) is 0 Å². The van der Waals surface area contributed by atoms with Crippen LogP contribution in [-0.2, 0) is 16.0 Å². The Hall–Kier alpha value is -1.71. The lowest BCUT2D eigenvalue weighted by molar-refractivity contribution is -0.134. The SMILES string of the molecule is CC(=O)C1CCN(C(=O)CCc2ccccn2)CC1. The number of amides is 1. The number of carbonyl (C=O) groups is 2. The van der Waals surface area contributed by atoms with Gasteiger partial charge in [0.1, 0.15) is 5.78 Å². The van der Waals surface area contributed by atoms with Crippen molar-refractivity contribution < 1.29 is 9.59 Å². The second-order valence-electron chi connectivity index (χ2n) is 5.09. The van der Waals surface area contributed by atoms with Crippen molar-refractivity contribution in [1.82, 2.24) is 9.88 Å². The van der Waals surface area contributed by atoms with Gasteiger partial charge in [-0.2, -0.15) is 0 Å². The number of Topliss-reactive ketones (excluding diaryl/α,β-unsaturated/α-hetero) is 1. The minimum absolute atomic E-state index is 0.153. The molecule has 1 aliphatic rings. The Morgan fingerprint density at radius 2 is 2.05 bits per heavy atom. The average Bonchev–Trinajstić information content (AvgIpc) is 2.46. The van der Waals surface area contributed by atoms with Gasteiger partial charge in [0, 0.05) is 37.3 Å². The lowest BCUT2D eigenvalue weighted by atomic mass is 9.93. The number of aromatic nitrogens is 1. The summed E-state index contributed by atoms with van der Waals surface area (Å²) in [6, 6.07) is 5.75. The van der Waals surface area contributed by atoms with Crippen molar-refractivity contribution in [3.63, 3.8) is 0 Å². The summed E-state index contributed by atoms with van der Waals surface area (Å²) in [5.74, 6) is 0.577. The first kappa shape index (κ1) is 13.7. The van der Waals surface area contributed by atoms with E-state index in [1.807, 2.05) is 23.1 Å². The van der Waals surface area contributed by atoms with E-state index in [9.17, 15) is 9.59 Å². The van der Waals surface area contributed by atoms with E-state index in [4.69, 9.17) is 0 Å². The maximum absolute atomic E-state index is 12.1. The molecule has 4 nitrogen and oxygen atoms in total. The Morgan fingerprint density at radius 3 is 2.63 bits per heavy atom. The van der Waals surface area contributed by atoms with E-state index in [0.717, 1.165) is 18.5 Å². The molecule has 0 bridgehead atoms. The van der Waals surface area contributed by atoms with Gasteiger partial charge in [-0.05, 0) is 38.3 Å². The molecule has 0 atom stereocenters. The minimum Gasteiger partial charge on any atom is -0.343 e. The third-order valence-electron chi connectivity index (χ3n) is 3.74. The van der Waals surface area contributed by atoms with Crippen LogP contribution in [0.15, 0.2) is 24.4 Å². The molecule has 2 rings (SSSR count). The Kier molecular flexibility index (Phi) is 4.66. The van der Waals surface area contributed by atoms with Crippen LogP contribution in [-0.4, -0.2) is 34.7 Å². The number of rotatable bonds is 4. The number of hydrogen-bond acceptors (Lipinski definition) is 3. The number of likely N-dealkylation sites (tertiary alicyclic amines) is 1. The Labute approximate surface area is 113 Å². The smallest absolute Gasteiger partial charge is 0.222 e. The van der Waals surface area contributed by atoms with Crippen LogP contribution < -0.4 is 0 Å². The summed E-state index contributed by atoms with van der Waals surface area (Å²) >= 11 is 0. The Morgan fingerprint density at radius 1 is 1.32 bits per heavy atom. The first-order valence-electron chi connectivity index (χ1n) is 6.85. The molecule has 0 aliphatic carbocycles. The second kappa shape index (κ2) is 6.45. The van der Waals surface area contributed by atoms with Crippen molar-refractivity contribution >= 4 is 11.7 Å². The van der Waals surface area contributed by atoms with E-state index in [-0.39, 0.29) is 17.6 Å². The maximum atomic E-state index is 12.1. The number of aryl methyl sites for hydroxylation is 1. The van der Waals surface area contributed by atoms with Gasteiger partial charge >= 0.3 is 0 Å². The van der Waals surface area contributed by atoms with Crippen LogP contribution in [0, 0.1) is 5.92 Å². The minimum atomic E-state index is 0.153. The molecule has 0 spiro atoms. The summed E-state index contributed by atoms with van der Waals surface area (Å²) in [6.07, 6.45) is 4.56. The van der Waals surface area contributed by atoms with Crippen molar-refractivity contribution in [2.45, 2.75) is 32.6 Å². The monoisotopic (exact) mass is 260 g/mol. The maximum Gasteiger partial charge on any atom is 0.222 e. The summed E-state index contributed by atoms with van der Waals surface area (Å²) in [4.78, 5) is 29.4. The molecule has 2 heterocycles. The van der Waals surface area contributed by atoms with Crippen molar-refractivity contribution in [3.05, 3.63) is 30.1 Å². The molecule has 1 aliphatic heterocycles. The molecule has 0 saturated carbocycles. The van der Waals surface area contributed by atoms with Crippen LogP contribution in [0.2, 0.25) is 0 Å². The number of nitrogens with zero attached hydrogens (tertiary/aromatic N) is 2. The lowest BCUT2D eigenvalue weighted by Crippen LogP contribution is -2.40. The third-order valence-corrected chi connectivity index (χ3v) is 3.74. The summed E-state index contributed by atoms with van der Waals surface area (Å²) < 4.78 is 0. The fourth-order valence-corrected chi connectivity index (χ4v) is 2.47. The highest BCUT2D eigenvalue weighted by atomic mass is 16.2. The molecule has 1 aromatic heterocycles. The van der Waals surface area contributed by atoms with Gasteiger partial charge < -0.3 is 4.90 Å². The van der Waals surface area contributed by atoms with Crippen molar-refractivity contribution in [2.75, 3.05) is 13.1 Å². The molecular weight excluding hydrogens is 240 g/mol. The molecule has 0 aromatic carbocycles. The second-order valence-corrected chi connectivity index (χ2v) is 5.09. The van der Waals surface area contributed by atoms with Crippen LogP contribution in [0.5, 0.6) is 0 Å². The Bertz CT molecular complexity index is 437. The number of pyridine rings is 1. The van der Waals surface area contributed by atoms with Crippen molar-refractivity contribution in [2.24, 2.45) is 5.92 Å². The van der Waals surface area contributed by atoms with E-state index < -0.39 is 0 Å².